The lowest BCUT2D eigenvalue weighted by atomic mass is 10.1. The summed E-state index contributed by atoms with van der Waals surface area (Å²) in [5.41, 5.74) is 3.35. The van der Waals surface area contributed by atoms with Crippen molar-refractivity contribution in [3.05, 3.63) is 103 Å². The number of aryl methyl sites for hydroxylation is 1. The highest BCUT2D eigenvalue weighted by Crippen LogP contribution is 2.37. The van der Waals surface area contributed by atoms with Gasteiger partial charge in [0.05, 0.1) is 11.1 Å². The van der Waals surface area contributed by atoms with E-state index in [1.54, 1.807) is 30.3 Å². The second kappa shape index (κ2) is 9.82. The number of rotatable bonds is 6. The Hall–Kier alpha value is -4.43. The van der Waals surface area contributed by atoms with Crippen LogP contribution in [0.3, 0.4) is 0 Å². The van der Waals surface area contributed by atoms with Crippen LogP contribution in [0.2, 0.25) is 0 Å². The third-order valence-electron chi connectivity index (χ3n) is 5.21. The van der Waals surface area contributed by atoms with E-state index < -0.39 is 0 Å². The van der Waals surface area contributed by atoms with Crippen LogP contribution in [0.25, 0.3) is 11.0 Å². The molecule has 0 saturated carbocycles. The van der Waals surface area contributed by atoms with Crippen molar-refractivity contribution in [1.29, 1.82) is 0 Å². The lowest BCUT2D eigenvalue weighted by Crippen LogP contribution is -2.12. The number of amides is 1. The van der Waals surface area contributed by atoms with Crippen molar-refractivity contribution in [2.45, 2.75) is 16.7 Å². The third kappa shape index (κ3) is 5.23. The number of pyridine rings is 1. The van der Waals surface area contributed by atoms with E-state index in [0.717, 1.165) is 20.9 Å². The van der Waals surface area contributed by atoms with Gasteiger partial charge in [0.2, 0.25) is 0 Å². The van der Waals surface area contributed by atoms with E-state index in [4.69, 9.17) is 0 Å². The topological polar surface area (TPSA) is 100 Å². The van der Waals surface area contributed by atoms with Crippen molar-refractivity contribution < 1.29 is 9.90 Å². The minimum Gasteiger partial charge on any atom is -0.508 e. The first-order valence-electron chi connectivity index (χ1n) is 10.9. The molecule has 5 aromatic rings. The molecule has 2 aromatic heterocycles. The number of aromatic hydroxyl groups is 1. The number of phenols is 1. The minimum absolute atomic E-state index is 0.187. The summed E-state index contributed by atoms with van der Waals surface area (Å²) in [5.74, 6) is 0.547. The highest BCUT2D eigenvalue weighted by molar-refractivity contribution is 7.99. The van der Waals surface area contributed by atoms with Crippen molar-refractivity contribution >= 4 is 45.9 Å². The Kier molecular flexibility index (Phi) is 6.28. The quantitative estimate of drug-likeness (QED) is 0.267. The van der Waals surface area contributed by atoms with Crippen LogP contribution >= 0.6 is 11.8 Å². The van der Waals surface area contributed by atoms with Gasteiger partial charge >= 0.3 is 0 Å². The molecule has 5 rings (SSSR count). The zero-order valence-corrected chi connectivity index (χ0v) is 19.6. The van der Waals surface area contributed by atoms with E-state index in [2.05, 4.69) is 25.6 Å². The lowest BCUT2D eigenvalue weighted by molar-refractivity contribution is 0.102. The number of anilines is 3. The maximum absolute atomic E-state index is 13.0. The third-order valence-corrected chi connectivity index (χ3v) is 6.27. The number of para-hydroxylation sites is 1. The zero-order chi connectivity index (χ0) is 24.2. The molecule has 0 fully saturated rings. The van der Waals surface area contributed by atoms with Crippen LogP contribution in [0.1, 0.15) is 16.1 Å². The molecule has 0 radical (unpaired) electrons. The molecule has 3 N–H and O–H groups in total. The molecule has 0 bridgehead atoms. The smallest absolute Gasteiger partial charge is 0.255 e. The second-order valence-electron chi connectivity index (χ2n) is 7.80. The van der Waals surface area contributed by atoms with Crippen molar-refractivity contribution in [2.24, 2.45) is 0 Å². The van der Waals surface area contributed by atoms with Crippen LogP contribution in [0, 0.1) is 6.92 Å². The summed E-state index contributed by atoms with van der Waals surface area (Å²) >= 11 is 1.47. The Morgan fingerprint density at radius 1 is 0.914 bits per heavy atom. The van der Waals surface area contributed by atoms with E-state index in [1.807, 2.05) is 61.5 Å². The van der Waals surface area contributed by atoms with Gasteiger partial charge in [-0.2, -0.15) is 0 Å². The number of hydrogen-bond acceptors (Lipinski definition) is 7. The van der Waals surface area contributed by atoms with Gasteiger partial charge in [-0.05, 0) is 67.6 Å². The fourth-order valence-electron chi connectivity index (χ4n) is 3.52. The first kappa shape index (κ1) is 22.4. The van der Waals surface area contributed by atoms with Gasteiger partial charge in [0.1, 0.15) is 17.9 Å². The normalized spacial score (nSPS) is 10.8. The highest BCUT2D eigenvalue weighted by Gasteiger charge is 2.14. The second-order valence-corrected chi connectivity index (χ2v) is 8.92. The van der Waals surface area contributed by atoms with Gasteiger partial charge in [-0.25, -0.2) is 15.0 Å². The van der Waals surface area contributed by atoms with Crippen LogP contribution < -0.4 is 10.6 Å². The highest BCUT2D eigenvalue weighted by atomic mass is 32.2. The number of fused-ring (bicyclic) bond motifs is 1. The van der Waals surface area contributed by atoms with Gasteiger partial charge in [-0.15, -0.1) is 0 Å². The van der Waals surface area contributed by atoms with Crippen molar-refractivity contribution in [1.82, 2.24) is 15.0 Å². The Bertz CT molecular complexity index is 1530. The Morgan fingerprint density at radius 2 is 1.77 bits per heavy atom. The monoisotopic (exact) mass is 479 g/mol. The number of nitrogens with one attached hydrogen (secondary N) is 2. The van der Waals surface area contributed by atoms with Gasteiger partial charge in [-0.1, -0.05) is 36.0 Å². The average Bonchev–Trinajstić information content (AvgIpc) is 2.85. The predicted octanol–water partition coefficient (Wildman–Crippen LogP) is 6.19. The van der Waals surface area contributed by atoms with Crippen LogP contribution in [-0.2, 0) is 0 Å². The average molecular weight is 480 g/mol. The SMILES string of the molecule is Cc1ccc2c(Nc3cc(C(=O)Nc4ccccc4)ccc3Sc3cccc(O)c3)ncnc2n1. The van der Waals surface area contributed by atoms with Crippen LogP contribution in [0.5, 0.6) is 5.75 Å². The lowest BCUT2D eigenvalue weighted by Gasteiger charge is -2.15. The summed E-state index contributed by atoms with van der Waals surface area (Å²) in [4.78, 5) is 27.9. The van der Waals surface area contributed by atoms with E-state index in [-0.39, 0.29) is 11.7 Å². The Labute approximate surface area is 206 Å². The van der Waals surface area contributed by atoms with Gasteiger partial charge in [-0.3, -0.25) is 4.79 Å². The molecular weight excluding hydrogens is 458 g/mol. The molecule has 0 aliphatic rings. The first-order chi connectivity index (χ1) is 17.0. The van der Waals surface area contributed by atoms with E-state index in [9.17, 15) is 9.90 Å². The summed E-state index contributed by atoms with van der Waals surface area (Å²) in [6, 6.07) is 25.6. The Balaban J connectivity index is 1.53. The molecule has 2 heterocycles. The zero-order valence-electron chi connectivity index (χ0n) is 18.8. The maximum atomic E-state index is 13.0. The number of carbonyl (C=O) groups is 1. The summed E-state index contributed by atoms with van der Waals surface area (Å²) in [7, 11) is 0. The number of phenolic OH excluding ortho intramolecular Hbond substituents is 1. The first-order valence-corrected chi connectivity index (χ1v) is 11.7. The number of aromatic nitrogens is 3. The van der Waals surface area contributed by atoms with Crippen molar-refractivity contribution in [3.63, 3.8) is 0 Å². The molecule has 0 aliphatic heterocycles. The summed E-state index contributed by atoms with van der Waals surface area (Å²) < 4.78 is 0. The number of hydrogen-bond donors (Lipinski definition) is 3. The maximum Gasteiger partial charge on any atom is 0.255 e. The van der Waals surface area contributed by atoms with Crippen LogP contribution in [0.15, 0.2) is 101 Å². The van der Waals surface area contributed by atoms with Gasteiger partial charge in [0, 0.05) is 26.7 Å². The van der Waals surface area contributed by atoms with Gasteiger partial charge in [0.25, 0.3) is 5.91 Å². The summed E-state index contributed by atoms with van der Waals surface area (Å²) in [6.07, 6.45) is 1.46. The molecule has 0 saturated heterocycles. The molecular formula is C27H21N5O2S. The predicted molar refractivity (Wildman–Crippen MR) is 138 cm³/mol. The minimum atomic E-state index is -0.224. The van der Waals surface area contributed by atoms with E-state index in [1.165, 1.54) is 18.1 Å². The molecule has 0 spiro atoms. The molecule has 8 heteroatoms. The fourth-order valence-corrected chi connectivity index (χ4v) is 4.46. The number of benzene rings is 3. The summed E-state index contributed by atoms with van der Waals surface area (Å²) in [6.45, 7) is 1.91. The largest absolute Gasteiger partial charge is 0.508 e. The van der Waals surface area contributed by atoms with E-state index >= 15 is 0 Å². The van der Waals surface area contributed by atoms with Crippen LogP contribution in [0.4, 0.5) is 17.2 Å². The fraction of sp³-hybridized carbons (Fsp3) is 0.0370. The molecule has 1 amide bonds. The van der Waals surface area contributed by atoms with Crippen molar-refractivity contribution in [3.8, 4) is 5.75 Å². The molecule has 7 nitrogen and oxygen atoms in total. The molecule has 172 valence electrons. The number of carbonyl (C=O) groups excluding carboxylic acids is 1. The molecule has 0 atom stereocenters. The standard InChI is InChI=1S/C27H21N5O2S/c1-17-10-12-22-25(30-17)28-16-29-26(22)32-23-14-18(27(34)31-19-6-3-2-4-7-19)11-13-24(23)35-21-9-5-8-20(33)15-21/h2-16,33H,1H3,(H,31,34)(H,28,29,30,32). The van der Waals surface area contributed by atoms with Gasteiger partial charge in [0.15, 0.2) is 5.65 Å². The van der Waals surface area contributed by atoms with Crippen molar-refractivity contribution in [2.75, 3.05) is 10.6 Å². The van der Waals surface area contributed by atoms with Gasteiger partial charge < -0.3 is 15.7 Å². The molecule has 35 heavy (non-hydrogen) atoms. The molecule has 0 unspecified atom stereocenters. The number of nitrogens with zero attached hydrogens (tertiary/aromatic N) is 3. The Morgan fingerprint density at radius 3 is 2.60 bits per heavy atom. The molecule has 0 aliphatic carbocycles. The molecule has 3 aromatic carbocycles. The van der Waals surface area contributed by atoms with E-state index in [0.29, 0.717) is 28.4 Å². The summed E-state index contributed by atoms with van der Waals surface area (Å²) in [5, 5.41) is 17.0. The van der Waals surface area contributed by atoms with Crippen LogP contribution in [-0.4, -0.2) is 26.0 Å².